The molecule has 28 heavy (non-hydrogen) atoms. The summed E-state index contributed by atoms with van der Waals surface area (Å²) in [6.45, 7) is 3.10. The quantitative estimate of drug-likeness (QED) is 0.465. The molecule has 0 amide bonds. The van der Waals surface area contributed by atoms with Gasteiger partial charge in [-0.1, -0.05) is 23.7 Å². The molecule has 0 aliphatic carbocycles. The van der Waals surface area contributed by atoms with Crippen LogP contribution in [0.4, 0.5) is 5.69 Å². The van der Waals surface area contributed by atoms with E-state index < -0.39 is 0 Å². The number of piperidine rings is 1. The third-order valence-corrected chi connectivity index (χ3v) is 5.68. The lowest BCUT2D eigenvalue weighted by atomic mass is 9.99. The molecule has 1 saturated heterocycles. The van der Waals surface area contributed by atoms with Gasteiger partial charge in [0.15, 0.2) is 0 Å². The number of H-pyrrole nitrogens is 1. The van der Waals surface area contributed by atoms with E-state index in [0.29, 0.717) is 10.9 Å². The van der Waals surface area contributed by atoms with E-state index in [2.05, 4.69) is 20.6 Å². The van der Waals surface area contributed by atoms with Gasteiger partial charge in [-0.25, -0.2) is 4.98 Å². The van der Waals surface area contributed by atoms with Crippen molar-refractivity contribution in [1.29, 1.82) is 0 Å². The lowest BCUT2D eigenvalue weighted by Crippen LogP contribution is -2.33. The monoisotopic (exact) mass is 391 g/mol. The van der Waals surface area contributed by atoms with Gasteiger partial charge in [0.05, 0.1) is 27.8 Å². The fourth-order valence-corrected chi connectivity index (χ4v) is 4.13. The maximum atomic E-state index is 6.19. The summed E-state index contributed by atoms with van der Waals surface area (Å²) in [5.74, 6) is 1.45. The number of anilines is 1. The Labute approximate surface area is 168 Å². The third kappa shape index (κ3) is 3.32. The number of hydrogen-bond acceptors (Lipinski definition) is 4. The van der Waals surface area contributed by atoms with Crippen molar-refractivity contribution in [1.82, 2.24) is 20.3 Å². The molecule has 3 heterocycles. The standard InChI is InChI=1S/C22H22ClN5/c23-15-7-8-16-20(10-15)25-13-17(21(16)26-12-14-4-3-9-24-11-14)22-27-18-5-1-2-6-19(18)28-22/h1-2,5-8,10,13-14,24H,3-4,9,11-12H2,(H,25,26)(H,27,28). The average molecular weight is 392 g/mol. The highest BCUT2D eigenvalue weighted by Crippen LogP contribution is 2.34. The lowest BCUT2D eigenvalue weighted by molar-refractivity contribution is 0.393. The number of nitrogens with one attached hydrogen (secondary N) is 3. The van der Waals surface area contributed by atoms with Crippen molar-refractivity contribution in [2.75, 3.05) is 25.0 Å². The Morgan fingerprint density at radius 3 is 2.93 bits per heavy atom. The van der Waals surface area contributed by atoms with E-state index in [0.717, 1.165) is 58.6 Å². The molecule has 4 aromatic rings. The fourth-order valence-electron chi connectivity index (χ4n) is 3.96. The molecule has 1 atom stereocenters. The summed E-state index contributed by atoms with van der Waals surface area (Å²) in [7, 11) is 0. The zero-order valence-electron chi connectivity index (χ0n) is 15.5. The van der Waals surface area contributed by atoms with E-state index in [-0.39, 0.29) is 0 Å². The van der Waals surface area contributed by atoms with Crippen molar-refractivity contribution in [2.45, 2.75) is 12.8 Å². The smallest absolute Gasteiger partial charge is 0.142 e. The minimum absolute atomic E-state index is 0.618. The molecule has 0 saturated carbocycles. The molecule has 6 heteroatoms. The van der Waals surface area contributed by atoms with E-state index in [1.54, 1.807) is 0 Å². The summed E-state index contributed by atoms with van der Waals surface area (Å²) in [5, 5.41) is 8.95. The Hall–Kier alpha value is -2.63. The Morgan fingerprint density at radius 2 is 2.07 bits per heavy atom. The number of pyridine rings is 1. The highest BCUT2D eigenvalue weighted by molar-refractivity contribution is 6.31. The number of aromatic nitrogens is 3. The van der Waals surface area contributed by atoms with Gasteiger partial charge in [0, 0.05) is 23.2 Å². The average Bonchev–Trinajstić information content (AvgIpc) is 3.16. The summed E-state index contributed by atoms with van der Waals surface area (Å²) >= 11 is 6.19. The van der Waals surface area contributed by atoms with Gasteiger partial charge < -0.3 is 15.6 Å². The first-order chi connectivity index (χ1) is 13.8. The number of fused-ring (bicyclic) bond motifs is 2. The summed E-state index contributed by atoms with van der Waals surface area (Å²) in [6, 6.07) is 13.9. The number of aromatic amines is 1. The molecule has 0 spiro atoms. The van der Waals surface area contributed by atoms with Gasteiger partial charge in [0.25, 0.3) is 0 Å². The van der Waals surface area contributed by atoms with Crippen molar-refractivity contribution in [3.8, 4) is 11.4 Å². The van der Waals surface area contributed by atoms with Crippen LogP contribution in [0.15, 0.2) is 48.7 Å². The van der Waals surface area contributed by atoms with Gasteiger partial charge in [0.1, 0.15) is 5.82 Å². The van der Waals surface area contributed by atoms with Crippen molar-refractivity contribution in [2.24, 2.45) is 5.92 Å². The van der Waals surface area contributed by atoms with Crippen LogP contribution < -0.4 is 10.6 Å². The molecule has 0 radical (unpaired) electrons. The van der Waals surface area contributed by atoms with E-state index in [4.69, 9.17) is 16.6 Å². The number of imidazole rings is 1. The Kier molecular flexibility index (Phi) is 4.63. The molecule has 5 nitrogen and oxygen atoms in total. The molecule has 5 rings (SSSR count). The van der Waals surface area contributed by atoms with E-state index in [1.807, 2.05) is 48.7 Å². The highest BCUT2D eigenvalue weighted by Gasteiger charge is 2.17. The zero-order valence-corrected chi connectivity index (χ0v) is 16.3. The van der Waals surface area contributed by atoms with Gasteiger partial charge in [0.2, 0.25) is 0 Å². The van der Waals surface area contributed by atoms with Crippen LogP contribution in [-0.2, 0) is 0 Å². The first-order valence-corrected chi connectivity index (χ1v) is 10.1. The molecule has 142 valence electrons. The van der Waals surface area contributed by atoms with Crippen molar-refractivity contribution < 1.29 is 0 Å². The minimum atomic E-state index is 0.618. The third-order valence-electron chi connectivity index (χ3n) is 5.44. The van der Waals surface area contributed by atoms with Gasteiger partial charge >= 0.3 is 0 Å². The molecule has 1 aliphatic heterocycles. The maximum absolute atomic E-state index is 6.19. The second kappa shape index (κ2) is 7.41. The first-order valence-electron chi connectivity index (χ1n) is 9.76. The molecule has 1 fully saturated rings. The fraction of sp³-hybridized carbons (Fsp3) is 0.273. The molecule has 1 aliphatic rings. The molecule has 2 aromatic heterocycles. The number of benzene rings is 2. The Morgan fingerprint density at radius 1 is 1.14 bits per heavy atom. The van der Waals surface area contributed by atoms with Crippen molar-refractivity contribution in [3.63, 3.8) is 0 Å². The van der Waals surface area contributed by atoms with Crippen molar-refractivity contribution >= 4 is 39.2 Å². The first kappa shape index (κ1) is 17.5. The molecule has 1 unspecified atom stereocenters. The Balaban J connectivity index is 1.59. The van der Waals surface area contributed by atoms with Crippen molar-refractivity contribution in [3.05, 3.63) is 53.7 Å². The summed E-state index contributed by atoms with van der Waals surface area (Å²) < 4.78 is 0. The Bertz CT molecular complexity index is 1100. The van der Waals surface area contributed by atoms with Crippen LogP contribution in [0.1, 0.15) is 12.8 Å². The van der Waals surface area contributed by atoms with Crippen LogP contribution in [0, 0.1) is 5.92 Å². The second-order valence-corrected chi connectivity index (χ2v) is 7.84. The number of para-hydroxylation sites is 2. The minimum Gasteiger partial charge on any atom is -0.384 e. The molecule has 0 bridgehead atoms. The molecule has 2 aromatic carbocycles. The number of hydrogen-bond donors (Lipinski definition) is 3. The van der Waals surface area contributed by atoms with E-state index in [9.17, 15) is 0 Å². The predicted molar refractivity (Wildman–Crippen MR) is 116 cm³/mol. The molecular weight excluding hydrogens is 370 g/mol. The maximum Gasteiger partial charge on any atom is 0.142 e. The van der Waals surface area contributed by atoms with Crippen LogP contribution in [-0.4, -0.2) is 34.6 Å². The van der Waals surface area contributed by atoms with Gasteiger partial charge in [-0.3, -0.25) is 4.98 Å². The van der Waals surface area contributed by atoms with E-state index >= 15 is 0 Å². The summed E-state index contributed by atoms with van der Waals surface area (Å²) in [5.41, 5.74) is 4.91. The zero-order chi connectivity index (χ0) is 18.9. The normalized spacial score (nSPS) is 17.2. The predicted octanol–water partition coefficient (Wildman–Crippen LogP) is 4.84. The number of rotatable bonds is 4. The van der Waals surface area contributed by atoms with E-state index in [1.165, 1.54) is 12.8 Å². The number of halogens is 1. The van der Waals surface area contributed by atoms with Crippen LogP contribution in [0.5, 0.6) is 0 Å². The van der Waals surface area contributed by atoms with Crippen LogP contribution in [0.3, 0.4) is 0 Å². The van der Waals surface area contributed by atoms with Gasteiger partial charge in [-0.15, -0.1) is 0 Å². The highest BCUT2D eigenvalue weighted by atomic mass is 35.5. The number of nitrogens with zero attached hydrogens (tertiary/aromatic N) is 2. The lowest BCUT2D eigenvalue weighted by Gasteiger charge is -2.24. The van der Waals surface area contributed by atoms with Gasteiger partial charge in [-0.05, 0) is 62.2 Å². The summed E-state index contributed by atoms with van der Waals surface area (Å²) in [4.78, 5) is 12.9. The van der Waals surface area contributed by atoms with Gasteiger partial charge in [-0.2, -0.15) is 0 Å². The largest absolute Gasteiger partial charge is 0.384 e. The summed E-state index contributed by atoms with van der Waals surface area (Å²) in [6.07, 6.45) is 4.36. The second-order valence-electron chi connectivity index (χ2n) is 7.40. The van der Waals surface area contributed by atoms with Crippen LogP contribution >= 0.6 is 11.6 Å². The SMILES string of the molecule is Clc1ccc2c(NCC3CCCNC3)c(-c3nc4ccccc4[nH]3)cnc2c1. The molecule has 3 N–H and O–H groups in total. The van der Waals surface area contributed by atoms with Crippen LogP contribution in [0.25, 0.3) is 33.3 Å². The van der Waals surface area contributed by atoms with Crippen LogP contribution in [0.2, 0.25) is 5.02 Å². The molecular formula is C22H22ClN5. The topological polar surface area (TPSA) is 65.6 Å².